The summed E-state index contributed by atoms with van der Waals surface area (Å²) in [6.45, 7) is 51.1. The maximum Gasteiger partial charge on any atom is 0.123 e. The maximum absolute atomic E-state index is 12.3. The lowest BCUT2D eigenvalue weighted by Crippen LogP contribution is -2.36. The van der Waals surface area contributed by atoms with Crippen LogP contribution in [0.5, 0.6) is 23.0 Å². The lowest BCUT2D eigenvalue weighted by molar-refractivity contribution is 0.407. The Kier molecular flexibility index (Phi) is 20.1. The Bertz CT molecular complexity index is 2290. The monoisotopic (exact) mass is 1030 g/mol. The first-order chi connectivity index (χ1) is 33.7. The summed E-state index contributed by atoms with van der Waals surface area (Å²) in [6.07, 6.45) is 14.5. The average Bonchev–Trinajstić information content (AvgIpc) is 3.22. The fourth-order valence-electron chi connectivity index (χ4n) is 11.7. The van der Waals surface area contributed by atoms with Crippen LogP contribution in [0.15, 0.2) is 48.5 Å². The van der Waals surface area contributed by atoms with Crippen LogP contribution < -0.4 is 0 Å². The van der Waals surface area contributed by atoms with E-state index >= 15 is 0 Å². The first-order valence-corrected chi connectivity index (χ1v) is 29.8. The van der Waals surface area contributed by atoms with Crippen LogP contribution in [0.3, 0.4) is 0 Å². The molecule has 0 aliphatic rings. The Labute approximate surface area is 458 Å². The summed E-state index contributed by atoms with van der Waals surface area (Å²) in [5.41, 5.74) is 9.36. The molecule has 0 spiro atoms. The van der Waals surface area contributed by atoms with Crippen LogP contribution in [0.4, 0.5) is 0 Å². The van der Waals surface area contributed by atoms with Gasteiger partial charge in [0.05, 0.1) is 0 Å². The van der Waals surface area contributed by atoms with Gasteiger partial charge in [0, 0.05) is 16.1 Å². The number of phenols is 4. The Morgan fingerprint density at radius 1 is 0.351 bits per heavy atom. The van der Waals surface area contributed by atoms with E-state index in [0.717, 1.165) is 69.5 Å². The zero-order chi connectivity index (χ0) is 56.4. The van der Waals surface area contributed by atoms with E-state index in [4.69, 9.17) is 0 Å². The summed E-state index contributed by atoms with van der Waals surface area (Å²) < 4.78 is 0. The van der Waals surface area contributed by atoms with Crippen LogP contribution in [0, 0.1) is 13.8 Å². The van der Waals surface area contributed by atoms with Crippen molar-refractivity contribution >= 4 is 11.8 Å². The van der Waals surface area contributed by atoms with Crippen molar-refractivity contribution in [1.29, 1.82) is 0 Å². The van der Waals surface area contributed by atoms with E-state index < -0.39 is 10.8 Å². The number of thioether (sulfide) groups is 1. The molecule has 4 aromatic rings. The molecule has 414 valence electrons. The zero-order valence-corrected chi connectivity index (χ0v) is 52.4. The van der Waals surface area contributed by atoms with Crippen LogP contribution in [0.25, 0.3) is 0 Å². The van der Waals surface area contributed by atoms with Crippen molar-refractivity contribution in [3.8, 4) is 23.0 Å². The van der Waals surface area contributed by atoms with Crippen LogP contribution in [-0.2, 0) is 43.3 Å². The largest absolute Gasteiger partial charge is 0.508 e. The second-order valence-corrected chi connectivity index (χ2v) is 30.9. The van der Waals surface area contributed by atoms with Crippen LogP contribution in [-0.4, -0.2) is 31.4 Å². The standard InChI is InChI=1S/C69H108O4S/c1-24-25-26-27-28-29-30-31-32-33-34-74-49(44-69(23,50-41-52(62(4,5)6)58(70)35-45(50)2)51-42-53(63(7,8)9)59(71)36-46(51)3)43-68(22,47-37-54(64(10,11)12)60(72)55(38-47)65(13,14)15)48-39-56(66(16,17)18)61(73)57(40-48)67(19,20)21/h35-42,49,70-73H,24-34,43-44H2,1-23H3. The third kappa shape index (κ3) is 15.1. The molecule has 0 bridgehead atoms. The van der Waals surface area contributed by atoms with E-state index in [1.165, 1.54) is 80.0 Å². The Hall–Kier alpha value is -3.57. The van der Waals surface area contributed by atoms with Crippen molar-refractivity contribution in [2.24, 2.45) is 0 Å². The van der Waals surface area contributed by atoms with Crippen molar-refractivity contribution < 1.29 is 20.4 Å². The third-order valence-electron chi connectivity index (χ3n) is 16.3. The fourth-order valence-corrected chi connectivity index (χ4v) is 13.3. The first kappa shape index (κ1) is 63.0. The molecule has 0 saturated heterocycles. The van der Waals surface area contributed by atoms with Crippen LogP contribution in [0.1, 0.15) is 289 Å². The van der Waals surface area contributed by atoms with Crippen molar-refractivity contribution in [2.75, 3.05) is 5.75 Å². The van der Waals surface area contributed by atoms with Gasteiger partial charge in [0.15, 0.2) is 0 Å². The van der Waals surface area contributed by atoms with Gasteiger partial charge in [-0.15, -0.1) is 0 Å². The molecule has 0 radical (unpaired) electrons. The maximum atomic E-state index is 12.3. The summed E-state index contributed by atoms with van der Waals surface area (Å²) in [6, 6.07) is 17.8. The van der Waals surface area contributed by atoms with Crippen molar-refractivity contribution in [2.45, 2.75) is 285 Å². The van der Waals surface area contributed by atoms with E-state index in [9.17, 15) is 20.4 Å². The van der Waals surface area contributed by atoms with E-state index in [1.54, 1.807) is 0 Å². The molecule has 0 aliphatic carbocycles. The van der Waals surface area contributed by atoms with Crippen LogP contribution >= 0.6 is 11.8 Å². The molecule has 4 N–H and O–H groups in total. The van der Waals surface area contributed by atoms with E-state index in [0.29, 0.717) is 23.0 Å². The molecular formula is C69H108O4S. The van der Waals surface area contributed by atoms with Gasteiger partial charge in [-0.3, -0.25) is 0 Å². The van der Waals surface area contributed by atoms with Gasteiger partial charge in [0.25, 0.3) is 0 Å². The molecule has 0 saturated carbocycles. The van der Waals surface area contributed by atoms with Gasteiger partial charge in [0.2, 0.25) is 0 Å². The normalized spacial score (nSPS) is 14.0. The molecule has 74 heavy (non-hydrogen) atoms. The number of hydrogen-bond donors (Lipinski definition) is 4. The number of aryl methyl sites for hydroxylation is 2. The second kappa shape index (κ2) is 23.6. The molecule has 1 atom stereocenters. The lowest BCUT2D eigenvalue weighted by Gasteiger charge is -2.43. The number of rotatable bonds is 20. The quantitative estimate of drug-likeness (QED) is 0.0663. The highest BCUT2D eigenvalue weighted by Crippen LogP contribution is 2.53. The van der Waals surface area contributed by atoms with Crippen molar-refractivity contribution in [1.82, 2.24) is 0 Å². The predicted octanol–water partition coefficient (Wildman–Crippen LogP) is 20.0. The van der Waals surface area contributed by atoms with Gasteiger partial charge in [-0.1, -0.05) is 240 Å². The van der Waals surface area contributed by atoms with E-state index in [1.807, 2.05) is 12.1 Å². The number of benzene rings is 4. The number of aromatic hydroxyl groups is 4. The van der Waals surface area contributed by atoms with Gasteiger partial charge in [0.1, 0.15) is 23.0 Å². The number of hydrogen-bond acceptors (Lipinski definition) is 5. The van der Waals surface area contributed by atoms with Gasteiger partial charge in [-0.05, 0) is 150 Å². The third-order valence-corrected chi connectivity index (χ3v) is 17.7. The molecular weight excluding hydrogens is 925 g/mol. The summed E-state index contributed by atoms with van der Waals surface area (Å²) in [4.78, 5) is 0. The minimum Gasteiger partial charge on any atom is -0.508 e. The lowest BCUT2D eigenvalue weighted by atomic mass is 9.64. The smallest absolute Gasteiger partial charge is 0.123 e. The molecule has 0 aromatic heterocycles. The van der Waals surface area contributed by atoms with Gasteiger partial charge in [-0.25, -0.2) is 0 Å². The summed E-state index contributed by atoms with van der Waals surface area (Å²) in [5.74, 6) is 2.44. The first-order valence-electron chi connectivity index (χ1n) is 28.8. The molecule has 4 nitrogen and oxygen atoms in total. The van der Waals surface area contributed by atoms with Gasteiger partial charge < -0.3 is 20.4 Å². The van der Waals surface area contributed by atoms with E-state index in [-0.39, 0.29) is 37.7 Å². The van der Waals surface area contributed by atoms with Gasteiger partial charge in [-0.2, -0.15) is 11.8 Å². The summed E-state index contributed by atoms with van der Waals surface area (Å²) in [5, 5.41) is 48.0. The summed E-state index contributed by atoms with van der Waals surface area (Å²) in [7, 11) is 0. The van der Waals surface area contributed by atoms with Gasteiger partial charge >= 0.3 is 0 Å². The predicted molar refractivity (Wildman–Crippen MR) is 324 cm³/mol. The van der Waals surface area contributed by atoms with Crippen LogP contribution in [0.2, 0.25) is 0 Å². The number of unbranched alkanes of at least 4 members (excludes halogenated alkanes) is 9. The minimum atomic E-state index is -0.598. The Morgan fingerprint density at radius 2 is 0.635 bits per heavy atom. The van der Waals surface area contributed by atoms with Crippen molar-refractivity contribution in [3.63, 3.8) is 0 Å². The average molecular weight is 1030 g/mol. The minimum absolute atomic E-state index is 0.107. The number of phenolic OH excluding ortho intramolecular Hbond substituents is 4. The summed E-state index contributed by atoms with van der Waals surface area (Å²) >= 11 is 2.12. The SMILES string of the molecule is CCCCCCCCCCCCSC(CC(C)(c1cc(C(C)(C)C)c(O)c(C(C)(C)C)c1)c1cc(C(C)(C)C)c(O)c(C(C)(C)C)c1)CC(C)(c1cc(C(C)(C)C)c(O)cc1C)c1cc(C(C)(C)C)c(O)cc1C. The Balaban J connectivity index is 2.16. The highest BCUT2D eigenvalue weighted by molar-refractivity contribution is 7.99. The molecule has 0 fully saturated rings. The molecule has 1 unspecified atom stereocenters. The molecule has 5 heteroatoms. The fraction of sp³-hybridized carbons (Fsp3) is 0.652. The zero-order valence-electron chi connectivity index (χ0n) is 51.6. The van der Waals surface area contributed by atoms with Crippen molar-refractivity contribution in [3.05, 3.63) is 115 Å². The Morgan fingerprint density at radius 3 is 0.932 bits per heavy atom. The molecule has 0 heterocycles. The molecule has 0 amide bonds. The topological polar surface area (TPSA) is 80.9 Å². The van der Waals surface area contributed by atoms with E-state index in [2.05, 4.69) is 207 Å². The molecule has 4 aromatic carbocycles. The highest BCUT2D eigenvalue weighted by atomic mass is 32.2. The molecule has 4 rings (SSSR count). The second-order valence-electron chi connectivity index (χ2n) is 29.5. The highest BCUT2D eigenvalue weighted by Gasteiger charge is 2.43. The molecule has 0 aliphatic heterocycles.